The normalized spacial score (nSPS) is 13.7. The van der Waals surface area contributed by atoms with Crippen molar-refractivity contribution in [3.05, 3.63) is 89.3 Å². The Hall–Kier alpha value is -3.51. The predicted molar refractivity (Wildman–Crippen MR) is 121 cm³/mol. The quantitative estimate of drug-likeness (QED) is 0.437. The number of hydrogen-bond acceptors (Lipinski definition) is 6. The first kappa shape index (κ1) is 19.8. The minimum Gasteiger partial charge on any atom is -0.508 e. The summed E-state index contributed by atoms with van der Waals surface area (Å²) >= 11 is 1.49. The van der Waals surface area contributed by atoms with Crippen molar-refractivity contribution in [2.24, 2.45) is 0 Å². The fraction of sp³-hybridized carbons (Fsp3) is 0.0833. The van der Waals surface area contributed by atoms with Crippen LogP contribution in [0.2, 0.25) is 0 Å². The monoisotopic (exact) mass is 419 g/mol. The molecule has 4 N–H and O–H groups in total. The molecule has 1 aliphatic rings. The molecule has 5 nitrogen and oxygen atoms in total. The van der Waals surface area contributed by atoms with Crippen LogP contribution in [0.5, 0.6) is 23.0 Å². The van der Waals surface area contributed by atoms with Gasteiger partial charge in [0.2, 0.25) is 0 Å². The fourth-order valence-electron chi connectivity index (χ4n) is 3.40. The second kappa shape index (κ2) is 7.72. The second-order valence-corrected chi connectivity index (χ2v) is 8.27. The summed E-state index contributed by atoms with van der Waals surface area (Å²) in [6.45, 7) is 4.09. The van der Waals surface area contributed by atoms with Crippen LogP contribution in [0, 0.1) is 13.8 Å². The molecule has 3 aromatic carbocycles. The molecule has 0 fully saturated rings. The summed E-state index contributed by atoms with van der Waals surface area (Å²) in [7, 11) is 0. The Kier molecular flexibility index (Phi) is 5.10. The maximum Gasteiger partial charge on any atom is 0.143 e. The minimum absolute atomic E-state index is 0.0177. The number of aromatic hydroxyl groups is 4. The Labute approximate surface area is 178 Å². The third kappa shape index (κ3) is 3.82. The molecule has 0 unspecified atom stereocenters. The summed E-state index contributed by atoms with van der Waals surface area (Å²) in [5, 5.41) is 40.1. The highest BCUT2D eigenvalue weighted by Gasteiger charge is 2.22. The molecular formula is C24H21NO4S. The molecular weight excluding hydrogens is 398 g/mol. The number of nitrogens with zero attached hydrogens (tertiary/aromatic N) is 1. The third-order valence-electron chi connectivity index (χ3n) is 4.86. The molecule has 3 aromatic rings. The lowest BCUT2D eigenvalue weighted by atomic mass is 10.1. The number of hydrogen-bond donors (Lipinski definition) is 4. The lowest BCUT2D eigenvalue weighted by Gasteiger charge is -2.27. The number of aryl methyl sites for hydroxylation is 2. The molecule has 1 heterocycles. The maximum absolute atomic E-state index is 10.4. The number of phenolic OH excluding ortho intramolecular Hbond substituents is 4. The Morgan fingerprint density at radius 2 is 1.27 bits per heavy atom. The molecule has 0 spiro atoms. The molecule has 0 bridgehead atoms. The average molecular weight is 420 g/mol. The van der Waals surface area contributed by atoms with Crippen LogP contribution in [0.1, 0.15) is 22.3 Å². The van der Waals surface area contributed by atoms with E-state index in [9.17, 15) is 20.4 Å². The zero-order valence-electron chi connectivity index (χ0n) is 16.5. The van der Waals surface area contributed by atoms with Gasteiger partial charge in [0.1, 0.15) is 23.0 Å². The van der Waals surface area contributed by atoms with E-state index in [0.29, 0.717) is 11.3 Å². The summed E-state index contributed by atoms with van der Waals surface area (Å²) in [4.78, 5) is 3.45. The smallest absolute Gasteiger partial charge is 0.143 e. The van der Waals surface area contributed by atoms with Gasteiger partial charge in [0, 0.05) is 39.9 Å². The number of anilines is 1. The van der Waals surface area contributed by atoms with Crippen LogP contribution < -0.4 is 4.90 Å². The Balaban J connectivity index is 1.86. The number of thioether (sulfide) groups is 1. The first-order valence-corrected chi connectivity index (χ1v) is 10.2. The number of rotatable bonds is 3. The summed E-state index contributed by atoms with van der Waals surface area (Å²) in [5.74, 6) is -0.147. The molecule has 0 aromatic heterocycles. The zero-order chi connectivity index (χ0) is 21.4. The van der Waals surface area contributed by atoms with E-state index >= 15 is 0 Å². The summed E-state index contributed by atoms with van der Waals surface area (Å²) in [5.41, 5.74) is 4.37. The molecule has 0 radical (unpaired) electrons. The van der Waals surface area contributed by atoms with Gasteiger partial charge in [0.05, 0.1) is 5.69 Å². The Morgan fingerprint density at radius 3 is 1.90 bits per heavy atom. The summed E-state index contributed by atoms with van der Waals surface area (Å²) in [6.07, 6.45) is 3.71. The van der Waals surface area contributed by atoms with Crippen molar-refractivity contribution in [2.75, 3.05) is 4.90 Å². The summed E-state index contributed by atoms with van der Waals surface area (Å²) < 4.78 is 0. The first-order valence-electron chi connectivity index (χ1n) is 9.33. The van der Waals surface area contributed by atoms with Crippen LogP contribution in [0.25, 0.3) is 9.81 Å². The van der Waals surface area contributed by atoms with Crippen LogP contribution in [-0.4, -0.2) is 20.4 Å². The van der Waals surface area contributed by atoms with E-state index in [1.54, 1.807) is 23.2 Å². The Morgan fingerprint density at radius 1 is 0.667 bits per heavy atom. The van der Waals surface area contributed by atoms with E-state index in [4.69, 9.17) is 0 Å². The van der Waals surface area contributed by atoms with E-state index in [1.807, 2.05) is 26.1 Å². The van der Waals surface area contributed by atoms with Gasteiger partial charge in [-0.1, -0.05) is 35.5 Å². The van der Waals surface area contributed by atoms with Crippen LogP contribution in [0.3, 0.4) is 0 Å². The zero-order valence-corrected chi connectivity index (χ0v) is 17.3. The summed E-state index contributed by atoms with van der Waals surface area (Å²) in [6, 6.07) is 15.1. The lowest BCUT2D eigenvalue weighted by Crippen LogP contribution is -2.12. The lowest BCUT2D eigenvalue weighted by molar-refractivity contribution is 0.449. The van der Waals surface area contributed by atoms with Gasteiger partial charge in [0.25, 0.3) is 0 Å². The molecule has 152 valence electrons. The van der Waals surface area contributed by atoms with E-state index in [1.165, 1.54) is 36.0 Å². The standard InChI is InChI=1S/C24H21NO4S/c1-14-3-6-18(15(2)9-14)23-12-25(20-8-5-17(27)11-22(20)29)13-24(30-23)19-7-4-16(26)10-21(19)28/h3-13,26-29H,1-2H3. The highest BCUT2D eigenvalue weighted by molar-refractivity contribution is 8.16. The van der Waals surface area contributed by atoms with Gasteiger partial charge in [-0.25, -0.2) is 0 Å². The average Bonchev–Trinajstić information content (AvgIpc) is 2.67. The number of benzene rings is 3. The van der Waals surface area contributed by atoms with Crippen molar-refractivity contribution in [3.63, 3.8) is 0 Å². The van der Waals surface area contributed by atoms with Crippen molar-refractivity contribution in [1.29, 1.82) is 0 Å². The van der Waals surface area contributed by atoms with Crippen molar-refractivity contribution < 1.29 is 20.4 Å². The maximum atomic E-state index is 10.4. The van der Waals surface area contributed by atoms with Crippen molar-refractivity contribution in [1.82, 2.24) is 0 Å². The Bertz CT molecular complexity index is 1130. The van der Waals surface area contributed by atoms with Gasteiger partial charge in [-0.2, -0.15) is 0 Å². The highest BCUT2D eigenvalue weighted by atomic mass is 32.2. The fourth-order valence-corrected chi connectivity index (χ4v) is 4.59. The largest absolute Gasteiger partial charge is 0.508 e. The number of phenols is 4. The molecule has 6 heteroatoms. The van der Waals surface area contributed by atoms with Crippen LogP contribution in [-0.2, 0) is 0 Å². The van der Waals surface area contributed by atoms with Gasteiger partial charge in [0.15, 0.2) is 0 Å². The van der Waals surface area contributed by atoms with Gasteiger partial charge >= 0.3 is 0 Å². The molecule has 0 saturated carbocycles. The third-order valence-corrected chi connectivity index (χ3v) is 5.95. The molecule has 0 amide bonds. The molecule has 4 rings (SSSR count). The molecule has 0 aliphatic carbocycles. The highest BCUT2D eigenvalue weighted by Crippen LogP contribution is 2.48. The van der Waals surface area contributed by atoms with Crippen LogP contribution in [0.4, 0.5) is 5.69 Å². The van der Waals surface area contributed by atoms with Crippen molar-refractivity contribution in [2.45, 2.75) is 13.8 Å². The molecule has 0 saturated heterocycles. The van der Waals surface area contributed by atoms with Gasteiger partial charge in [-0.3, -0.25) is 0 Å². The van der Waals surface area contributed by atoms with E-state index in [0.717, 1.165) is 26.5 Å². The van der Waals surface area contributed by atoms with Crippen LogP contribution >= 0.6 is 11.8 Å². The van der Waals surface area contributed by atoms with Crippen LogP contribution in [0.15, 0.2) is 67.0 Å². The van der Waals surface area contributed by atoms with E-state index in [-0.39, 0.29) is 23.0 Å². The molecule has 30 heavy (non-hydrogen) atoms. The minimum atomic E-state index is -0.0661. The topological polar surface area (TPSA) is 84.2 Å². The van der Waals surface area contributed by atoms with Gasteiger partial charge in [-0.05, 0) is 49.2 Å². The van der Waals surface area contributed by atoms with Crippen molar-refractivity contribution in [3.8, 4) is 23.0 Å². The first-order chi connectivity index (χ1) is 14.3. The second-order valence-electron chi connectivity index (χ2n) is 7.19. The van der Waals surface area contributed by atoms with E-state index in [2.05, 4.69) is 12.1 Å². The van der Waals surface area contributed by atoms with Crippen molar-refractivity contribution >= 4 is 27.3 Å². The van der Waals surface area contributed by atoms with Gasteiger partial charge < -0.3 is 25.3 Å². The predicted octanol–water partition coefficient (Wildman–Crippen LogP) is 5.68. The van der Waals surface area contributed by atoms with Gasteiger partial charge in [-0.15, -0.1) is 0 Å². The molecule has 0 atom stereocenters. The molecule has 1 aliphatic heterocycles. The van der Waals surface area contributed by atoms with E-state index < -0.39 is 0 Å². The SMILES string of the molecule is Cc1ccc(C2=CN(c3ccc(O)cc3O)C=C(c3ccc(O)cc3O)S2)c(C)c1.